The van der Waals surface area contributed by atoms with Crippen LogP contribution in [0.1, 0.15) is 60.5 Å². The summed E-state index contributed by atoms with van der Waals surface area (Å²) in [6.45, 7) is 2.13. The summed E-state index contributed by atoms with van der Waals surface area (Å²) in [6.07, 6.45) is 8.72. The predicted octanol–water partition coefficient (Wildman–Crippen LogP) is 3.06. The van der Waals surface area contributed by atoms with Gasteiger partial charge in [-0.15, -0.1) is 24.8 Å². The molecule has 2 aliphatic rings. The van der Waals surface area contributed by atoms with E-state index < -0.39 is 0 Å². The zero-order valence-electron chi connectivity index (χ0n) is 12.7. The van der Waals surface area contributed by atoms with Crippen molar-refractivity contribution in [1.29, 1.82) is 0 Å². The molecule has 1 aliphatic heterocycles. The predicted molar refractivity (Wildman–Crippen MR) is 93.3 cm³/mol. The molecule has 0 radical (unpaired) electrons. The first kappa shape index (κ1) is 19.2. The van der Waals surface area contributed by atoms with Gasteiger partial charge in [-0.1, -0.05) is 12.8 Å². The molecular formula is C16H25Cl2N3O. The third kappa shape index (κ3) is 4.83. The average Bonchev–Trinajstić information content (AvgIpc) is 3.01. The van der Waals surface area contributed by atoms with Gasteiger partial charge in [0.2, 0.25) is 0 Å². The molecule has 1 aromatic heterocycles. The second-order valence-electron chi connectivity index (χ2n) is 5.95. The highest BCUT2D eigenvalue weighted by molar-refractivity contribution is 5.94. The lowest BCUT2D eigenvalue weighted by atomic mass is 9.94. The van der Waals surface area contributed by atoms with Gasteiger partial charge in [0.15, 0.2) is 0 Å². The zero-order valence-corrected chi connectivity index (χ0v) is 14.3. The number of carbonyl (C=O) groups excluding carboxylic acids is 1. The van der Waals surface area contributed by atoms with Crippen molar-refractivity contribution in [1.82, 2.24) is 15.6 Å². The molecule has 4 nitrogen and oxygen atoms in total. The lowest BCUT2D eigenvalue weighted by Crippen LogP contribution is -2.32. The standard InChI is InChI=1S/C16H23N3O.2ClH/c20-16(19-14-3-1-2-4-14)13-5-6-15(18-11-13)12-7-9-17-10-8-12;;/h5-6,11-12,14,17H,1-4,7-10H2,(H,19,20);2*1H. The van der Waals surface area contributed by atoms with E-state index in [9.17, 15) is 4.79 Å². The van der Waals surface area contributed by atoms with Gasteiger partial charge in [0.25, 0.3) is 5.91 Å². The van der Waals surface area contributed by atoms with E-state index in [1.807, 2.05) is 12.1 Å². The Morgan fingerprint density at radius 3 is 2.36 bits per heavy atom. The Hall–Kier alpha value is -0.840. The highest BCUT2D eigenvalue weighted by Gasteiger charge is 2.19. The fraction of sp³-hybridized carbons (Fsp3) is 0.625. The maximum absolute atomic E-state index is 12.1. The molecule has 6 heteroatoms. The Morgan fingerprint density at radius 2 is 1.77 bits per heavy atom. The average molecular weight is 346 g/mol. The van der Waals surface area contributed by atoms with E-state index in [1.165, 1.54) is 12.8 Å². The molecule has 1 saturated carbocycles. The van der Waals surface area contributed by atoms with Crippen LogP contribution in [0, 0.1) is 0 Å². The molecule has 124 valence electrons. The van der Waals surface area contributed by atoms with Crippen molar-refractivity contribution in [2.75, 3.05) is 13.1 Å². The Kier molecular flexibility index (Phi) is 8.15. The van der Waals surface area contributed by atoms with Gasteiger partial charge in [-0.25, -0.2) is 0 Å². The molecule has 2 N–H and O–H groups in total. The van der Waals surface area contributed by atoms with Crippen LogP contribution < -0.4 is 10.6 Å². The number of carbonyl (C=O) groups is 1. The number of halogens is 2. The second-order valence-corrected chi connectivity index (χ2v) is 5.95. The molecule has 1 amide bonds. The van der Waals surface area contributed by atoms with Crippen molar-refractivity contribution in [2.24, 2.45) is 0 Å². The molecule has 1 aromatic rings. The molecule has 0 aromatic carbocycles. The minimum Gasteiger partial charge on any atom is -0.349 e. The number of nitrogens with one attached hydrogen (secondary N) is 2. The van der Waals surface area contributed by atoms with Crippen LogP contribution in [0.15, 0.2) is 18.3 Å². The van der Waals surface area contributed by atoms with Gasteiger partial charge in [-0.2, -0.15) is 0 Å². The number of aromatic nitrogens is 1. The van der Waals surface area contributed by atoms with Crippen LogP contribution in [0.4, 0.5) is 0 Å². The second kappa shape index (κ2) is 9.33. The highest BCUT2D eigenvalue weighted by Crippen LogP contribution is 2.23. The topological polar surface area (TPSA) is 54.0 Å². The Bertz CT molecular complexity index is 455. The maximum Gasteiger partial charge on any atom is 0.253 e. The molecule has 1 saturated heterocycles. The van der Waals surface area contributed by atoms with Crippen molar-refractivity contribution in [3.63, 3.8) is 0 Å². The molecule has 0 spiro atoms. The lowest BCUT2D eigenvalue weighted by Gasteiger charge is -2.22. The first-order valence-corrected chi connectivity index (χ1v) is 7.80. The van der Waals surface area contributed by atoms with Gasteiger partial charge in [0, 0.05) is 23.9 Å². The van der Waals surface area contributed by atoms with Crippen LogP contribution in [0.25, 0.3) is 0 Å². The number of hydrogen-bond acceptors (Lipinski definition) is 3. The number of amides is 1. The van der Waals surface area contributed by atoms with Gasteiger partial charge >= 0.3 is 0 Å². The summed E-state index contributed by atoms with van der Waals surface area (Å²) in [6, 6.07) is 4.32. The van der Waals surface area contributed by atoms with Crippen LogP contribution in [-0.2, 0) is 0 Å². The van der Waals surface area contributed by atoms with Crippen molar-refractivity contribution in [3.05, 3.63) is 29.6 Å². The first-order valence-electron chi connectivity index (χ1n) is 7.80. The largest absolute Gasteiger partial charge is 0.349 e. The summed E-state index contributed by atoms with van der Waals surface area (Å²) in [5, 5.41) is 6.47. The maximum atomic E-state index is 12.1. The Balaban J connectivity index is 0.00000121. The Labute approximate surface area is 144 Å². The molecular weight excluding hydrogens is 321 g/mol. The summed E-state index contributed by atoms with van der Waals surface area (Å²) < 4.78 is 0. The quantitative estimate of drug-likeness (QED) is 0.884. The number of nitrogens with zero attached hydrogens (tertiary/aromatic N) is 1. The third-order valence-electron chi connectivity index (χ3n) is 4.50. The Morgan fingerprint density at radius 1 is 1.09 bits per heavy atom. The summed E-state index contributed by atoms with van der Waals surface area (Å²) in [7, 11) is 0. The number of rotatable bonds is 3. The van der Waals surface area contributed by atoms with Crippen LogP contribution in [-0.4, -0.2) is 30.0 Å². The lowest BCUT2D eigenvalue weighted by molar-refractivity contribution is 0.0937. The summed E-state index contributed by atoms with van der Waals surface area (Å²) >= 11 is 0. The van der Waals surface area contributed by atoms with Crippen LogP contribution in [0.2, 0.25) is 0 Å². The van der Waals surface area contributed by atoms with E-state index in [2.05, 4.69) is 15.6 Å². The molecule has 0 bridgehead atoms. The van der Waals surface area contributed by atoms with Gasteiger partial charge < -0.3 is 10.6 Å². The minimum absolute atomic E-state index is 0. The minimum atomic E-state index is 0. The summed E-state index contributed by atoms with van der Waals surface area (Å²) in [5.74, 6) is 0.574. The molecule has 0 atom stereocenters. The van der Waals surface area contributed by atoms with E-state index in [-0.39, 0.29) is 30.7 Å². The number of hydrogen-bond donors (Lipinski definition) is 2. The van der Waals surface area contributed by atoms with E-state index in [1.54, 1.807) is 6.20 Å². The van der Waals surface area contributed by atoms with Crippen LogP contribution in [0.3, 0.4) is 0 Å². The number of pyridine rings is 1. The molecule has 3 rings (SSSR count). The van der Waals surface area contributed by atoms with Gasteiger partial charge in [-0.05, 0) is 50.9 Å². The van der Waals surface area contributed by atoms with Crippen molar-refractivity contribution in [3.8, 4) is 0 Å². The van der Waals surface area contributed by atoms with Crippen molar-refractivity contribution in [2.45, 2.75) is 50.5 Å². The SMILES string of the molecule is Cl.Cl.O=C(NC1CCCC1)c1ccc(C2CCNCC2)nc1. The third-order valence-corrected chi connectivity index (χ3v) is 4.50. The van der Waals surface area contributed by atoms with Gasteiger partial charge in [0.05, 0.1) is 5.56 Å². The monoisotopic (exact) mass is 345 g/mol. The van der Waals surface area contributed by atoms with E-state index >= 15 is 0 Å². The molecule has 2 fully saturated rings. The van der Waals surface area contributed by atoms with Crippen molar-refractivity contribution >= 4 is 30.7 Å². The van der Waals surface area contributed by atoms with Crippen molar-refractivity contribution < 1.29 is 4.79 Å². The molecule has 22 heavy (non-hydrogen) atoms. The fourth-order valence-electron chi connectivity index (χ4n) is 3.24. The van der Waals surface area contributed by atoms with E-state index in [0.717, 1.165) is 44.5 Å². The van der Waals surface area contributed by atoms with Gasteiger partial charge in [0.1, 0.15) is 0 Å². The molecule has 2 heterocycles. The summed E-state index contributed by atoms with van der Waals surface area (Å²) in [4.78, 5) is 16.6. The molecule has 0 unspecified atom stereocenters. The zero-order chi connectivity index (χ0) is 13.8. The molecule has 1 aliphatic carbocycles. The smallest absolute Gasteiger partial charge is 0.253 e. The van der Waals surface area contributed by atoms with Crippen LogP contribution >= 0.6 is 24.8 Å². The van der Waals surface area contributed by atoms with E-state index in [0.29, 0.717) is 17.5 Å². The van der Waals surface area contributed by atoms with Gasteiger partial charge in [-0.3, -0.25) is 9.78 Å². The summed E-state index contributed by atoms with van der Waals surface area (Å²) in [5.41, 5.74) is 1.82. The fourth-order valence-corrected chi connectivity index (χ4v) is 3.24. The number of piperidine rings is 1. The first-order chi connectivity index (χ1) is 9.83. The van der Waals surface area contributed by atoms with Crippen LogP contribution in [0.5, 0.6) is 0 Å². The normalized spacial score (nSPS) is 19.1. The van der Waals surface area contributed by atoms with E-state index in [4.69, 9.17) is 0 Å². The highest BCUT2D eigenvalue weighted by atomic mass is 35.5.